The Hall–Kier alpha value is -3.41. The summed E-state index contributed by atoms with van der Waals surface area (Å²) in [6.45, 7) is 6.62. The molecule has 0 saturated carbocycles. The van der Waals surface area contributed by atoms with Crippen LogP contribution in [0.15, 0.2) is 60.8 Å². The van der Waals surface area contributed by atoms with E-state index < -0.39 is 11.7 Å². The second-order valence-electron chi connectivity index (χ2n) is 7.19. The van der Waals surface area contributed by atoms with E-state index in [4.69, 9.17) is 0 Å². The summed E-state index contributed by atoms with van der Waals surface area (Å²) in [5, 5.41) is 3.66. The average Bonchev–Trinajstić information content (AvgIpc) is 3.12. The van der Waals surface area contributed by atoms with Gasteiger partial charge in [0.1, 0.15) is 6.54 Å². The van der Waals surface area contributed by atoms with Gasteiger partial charge in [-0.25, -0.2) is 0 Å². The highest BCUT2D eigenvalue weighted by atomic mass is 16.2. The number of para-hydroxylation sites is 1. The van der Waals surface area contributed by atoms with Crippen molar-refractivity contribution in [3.63, 3.8) is 0 Å². The van der Waals surface area contributed by atoms with Gasteiger partial charge in [-0.05, 0) is 32.4 Å². The number of nitrogens with zero attached hydrogens (tertiary/aromatic N) is 2. The molecule has 2 amide bonds. The summed E-state index contributed by atoms with van der Waals surface area (Å²) in [5.74, 6) is -1.24. The number of nitrogens with one attached hydrogen (secondary N) is 1. The molecule has 0 unspecified atom stereocenters. The average molecular weight is 405 g/mol. The van der Waals surface area contributed by atoms with Crippen LogP contribution < -0.4 is 5.32 Å². The first kappa shape index (κ1) is 21.3. The van der Waals surface area contributed by atoms with Gasteiger partial charge in [0.15, 0.2) is 0 Å². The quantitative estimate of drug-likeness (QED) is 0.460. The first-order valence-corrected chi connectivity index (χ1v) is 10.2. The summed E-state index contributed by atoms with van der Waals surface area (Å²) in [4.78, 5) is 39.6. The fourth-order valence-electron chi connectivity index (χ4n) is 3.60. The molecule has 0 aliphatic heterocycles. The topological polar surface area (TPSA) is 71.4 Å². The zero-order valence-electron chi connectivity index (χ0n) is 17.6. The molecule has 3 aromatic rings. The minimum Gasteiger partial charge on any atom is -0.348 e. The van der Waals surface area contributed by atoms with Crippen molar-refractivity contribution < 1.29 is 14.4 Å². The highest BCUT2D eigenvalue weighted by Crippen LogP contribution is 2.23. The van der Waals surface area contributed by atoms with Gasteiger partial charge < -0.3 is 14.8 Å². The van der Waals surface area contributed by atoms with E-state index in [1.54, 1.807) is 16.8 Å². The van der Waals surface area contributed by atoms with Gasteiger partial charge in [-0.15, -0.1) is 0 Å². The Kier molecular flexibility index (Phi) is 6.67. The number of fused-ring (bicyclic) bond motifs is 1. The number of carbonyl (C=O) groups excluding carboxylic acids is 3. The molecular weight excluding hydrogens is 378 g/mol. The predicted molar refractivity (Wildman–Crippen MR) is 117 cm³/mol. The van der Waals surface area contributed by atoms with Gasteiger partial charge in [0.25, 0.3) is 11.7 Å². The summed E-state index contributed by atoms with van der Waals surface area (Å²) < 4.78 is 1.73. The van der Waals surface area contributed by atoms with Crippen molar-refractivity contribution in [1.82, 2.24) is 14.8 Å². The van der Waals surface area contributed by atoms with Crippen molar-refractivity contribution >= 4 is 28.5 Å². The molecule has 0 saturated heterocycles. The SMILES string of the molecule is CCN(CC)C(=O)C(=O)c1cn(CC(=O)N[C@@H](C)c2ccccc2)c2ccccc12. The minimum absolute atomic E-state index is 0.0599. The molecule has 0 spiro atoms. The standard InChI is InChI=1S/C24H27N3O3/c1-4-26(5-2)24(30)23(29)20-15-27(21-14-10-9-13-19(20)21)16-22(28)25-17(3)18-11-7-6-8-12-18/h6-15,17H,4-5,16H2,1-3H3,(H,25,28)/t17-/m0/s1. The molecule has 1 aromatic heterocycles. The second-order valence-corrected chi connectivity index (χ2v) is 7.19. The summed E-state index contributed by atoms with van der Waals surface area (Å²) in [6.07, 6.45) is 1.61. The van der Waals surface area contributed by atoms with Gasteiger partial charge in [0.05, 0.1) is 11.6 Å². The number of hydrogen-bond acceptors (Lipinski definition) is 3. The summed E-state index contributed by atoms with van der Waals surface area (Å²) in [6, 6.07) is 16.9. The minimum atomic E-state index is -0.549. The number of Topliss-reactive ketones (excluding diaryl/α,β-unsaturated/α-hetero) is 1. The summed E-state index contributed by atoms with van der Waals surface area (Å²) in [7, 11) is 0. The van der Waals surface area contributed by atoms with E-state index in [1.807, 2.05) is 69.3 Å². The van der Waals surface area contributed by atoms with Crippen LogP contribution in [0.25, 0.3) is 10.9 Å². The van der Waals surface area contributed by atoms with Crippen molar-refractivity contribution in [2.24, 2.45) is 0 Å². The van der Waals surface area contributed by atoms with Crippen LogP contribution in [0, 0.1) is 0 Å². The second kappa shape index (κ2) is 9.39. The number of ketones is 1. The van der Waals surface area contributed by atoms with Crippen molar-refractivity contribution in [2.75, 3.05) is 13.1 Å². The monoisotopic (exact) mass is 405 g/mol. The molecule has 0 aliphatic carbocycles. The van der Waals surface area contributed by atoms with Gasteiger partial charge in [-0.1, -0.05) is 48.5 Å². The first-order chi connectivity index (χ1) is 14.5. The molecule has 0 radical (unpaired) electrons. The van der Waals surface area contributed by atoms with Crippen molar-refractivity contribution in [3.8, 4) is 0 Å². The molecule has 6 heteroatoms. The molecule has 1 N–H and O–H groups in total. The maximum atomic E-state index is 12.9. The largest absolute Gasteiger partial charge is 0.348 e. The van der Waals surface area contributed by atoms with Crippen LogP contribution in [0.1, 0.15) is 42.7 Å². The first-order valence-electron chi connectivity index (χ1n) is 10.2. The lowest BCUT2D eigenvalue weighted by Crippen LogP contribution is -2.36. The maximum Gasteiger partial charge on any atom is 0.295 e. The zero-order valence-corrected chi connectivity index (χ0v) is 17.6. The highest BCUT2D eigenvalue weighted by Gasteiger charge is 2.25. The van der Waals surface area contributed by atoms with Crippen LogP contribution in [-0.4, -0.2) is 40.2 Å². The Morgan fingerprint density at radius 2 is 1.60 bits per heavy atom. The lowest BCUT2D eigenvalue weighted by atomic mass is 10.1. The molecule has 1 atom stereocenters. The normalized spacial score (nSPS) is 11.8. The number of carbonyl (C=O) groups is 3. The molecule has 0 fully saturated rings. The Labute approximate surface area is 176 Å². The van der Waals surface area contributed by atoms with Crippen LogP contribution in [0.3, 0.4) is 0 Å². The van der Waals surface area contributed by atoms with Gasteiger partial charge in [-0.3, -0.25) is 14.4 Å². The smallest absolute Gasteiger partial charge is 0.295 e. The molecule has 0 aliphatic rings. The third-order valence-corrected chi connectivity index (χ3v) is 5.27. The van der Waals surface area contributed by atoms with E-state index in [1.165, 1.54) is 4.90 Å². The van der Waals surface area contributed by atoms with Crippen LogP contribution in [0.5, 0.6) is 0 Å². The maximum absolute atomic E-state index is 12.9. The van der Waals surface area contributed by atoms with E-state index >= 15 is 0 Å². The van der Waals surface area contributed by atoms with Crippen molar-refractivity contribution in [2.45, 2.75) is 33.4 Å². The van der Waals surface area contributed by atoms with Crippen LogP contribution in [-0.2, 0) is 16.1 Å². The predicted octanol–water partition coefficient (Wildman–Crippen LogP) is 3.57. The molecule has 156 valence electrons. The number of benzene rings is 2. The van der Waals surface area contributed by atoms with E-state index in [-0.39, 0.29) is 18.5 Å². The Bertz CT molecular complexity index is 1050. The van der Waals surface area contributed by atoms with Crippen molar-refractivity contribution in [1.29, 1.82) is 0 Å². The third-order valence-electron chi connectivity index (χ3n) is 5.27. The van der Waals surface area contributed by atoms with Crippen molar-refractivity contribution in [3.05, 3.63) is 71.9 Å². The number of hydrogen-bond donors (Lipinski definition) is 1. The molecular formula is C24H27N3O3. The van der Waals surface area contributed by atoms with E-state index in [9.17, 15) is 14.4 Å². The molecule has 6 nitrogen and oxygen atoms in total. The lowest BCUT2D eigenvalue weighted by molar-refractivity contribution is -0.126. The molecule has 3 rings (SSSR count). The van der Waals surface area contributed by atoms with Gasteiger partial charge in [-0.2, -0.15) is 0 Å². The Morgan fingerprint density at radius 1 is 0.967 bits per heavy atom. The molecule has 1 heterocycles. The highest BCUT2D eigenvalue weighted by molar-refractivity contribution is 6.44. The Balaban J connectivity index is 1.84. The van der Waals surface area contributed by atoms with E-state index in [2.05, 4.69) is 5.32 Å². The van der Waals surface area contributed by atoms with Gasteiger partial charge in [0, 0.05) is 30.2 Å². The number of aromatic nitrogens is 1. The number of rotatable bonds is 8. The molecule has 0 bridgehead atoms. The number of amides is 2. The van der Waals surface area contributed by atoms with Crippen LogP contribution in [0.4, 0.5) is 0 Å². The van der Waals surface area contributed by atoms with Crippen LogP contribution >= 0.6 is 0 Å². The van der Waals surface area contributed by atoms with E-state index in [0.29, 0.717) is 24.0 Å². The van der Waals surface area contributed by atoms with Gasteiger partial charge >= 0.3 is 0 Å². The Morgan fingerprint density at radius 3 is 2.27 bits per heavy atom. The third kappa shape index (κ3) is 4.43. The van der Waals surface area contributed by atoms with Crippen LogP contribution in [0.2, 0.25) is 0 Å². The fourth-order valence-corrected chi connectivity index (χ4v) is 3.60. The number of likely N-dealkylation sites (N-methyl/N-ethyl adjacent to an activating group) is 1. The van der Waals surface area contributed by atoms with E-state index in [0.717, 1.165) is 11.1 Å². The summed E-state index contributed by atoms with van der Waals surface area (Å²) >= 11 is 0. The molecule has 2 aromatic carbocycles. The fraction of sp³-hybridized carbons (Fsp3) is 0.292. The lowest BCUT2D eigenvalue weighted by Gasteiger charge is -2.17. The zero-order chi connectivity index (χ0) is 21.7. The summed E-state index contributed by atoms with van der Waals surface area (Å²) in [5.41, 5.74) is 2.09. The van der Waals surface area contributed by atoms with Gasteiger partial charge in [0.2, 0.25) is 5.91 Å². The molecule has 30 heavy (non-hydrogen) atoms.